The highest BCUT2D eigenvalue weighted by Gasteiger charge is 2.22. The molecule has 3 rings (SSSR count). The fourth-order valence-electron chi connectivity index (χ4n) is 2.69. The molecular formula is C21H19Cl2N3O. The second-order valence-corrected chi connectivity index (χ2v) is 6.89. The highest BCUT2D eigenvalue weighted by atomic mass is 35.5. The van der Waals surface area contributed by atoms with E-state index in [2.05, 4.69) is 10.7 Å². The summed E-state index contributed by atoms with van der Waals surface area (Å²) in [5.74, 6) is -0.220. The monoisotopic (exact) mass is 399 g/mol. The lowest BCUT2D eigenvalue weighted by molar-refractivity contribution is -0.118. The third-order valence-electron chi connectivity index (χ3n) is 3.99. The normalized spacial score (nSPS) is 11.7. The van der Waals surface area contributed by atoms with Crippen LogP contribution in [0.1, 0.15) is 11.6 Å². The molecule has 0 unspecified atom stereocenters. The van der Waals surface area contributed by atoms with Crippen LogP contribution in [-0.4, -0.2) is 13.0 Å². The molecule has 1 amide bonds. The van der Waals surface area contributed by atoms with Gasteiger partial charge < -0.3 is 10.3 Å². The van der Waals surface area contributed by atoms with Crippen LogP contribution in [0.5, 0.6) is 0 Å². The summed E-state index contributed by atoms with van der Waals surface area (Å²) in [5, 5.41) is 5.63. The van der Waals surface area contributed by atoms with E-state index in [1.54, 1.807) is 18.2 Å². The van der Waals surface area contributed by atoms with Crippen molar-refractivity contribution in [3.63, 3.8) is 0 Å². The molecule has 2 N–H and O–H groups in total. The summed E-state index contributed by atoms with van der Waals surface area (Å²) >= 11 is 12.1. The van der Waals surface area contributed by atoms with Crippen molar-refractivity contribution >= 4 is 40.5 Å². The van der Waals surface area contributed by atoms with E-state index < -0.39 is 6.04 Å². The van der Waals surface area contributed by atoms with Crippen LogP contribution >= 0.6 is 23.2 Å². The van der Waals surface area contributed by atoms with Crippen molar-refractivity contribution < 1.29 is 4.79 Å². The molecule has 0 aliphatic rings. The zero-order valence-corrected chi connectivity index (χ0v) is 16.2. The molecule has 0 heterocycles. The Balaban J connectivity index is 1.84. The number of carbonyl (C=O) groups excluding carboxylic acids is 1. The van der Waals surface area contributed by atoms with Crippen LogP contribution in [0, 0.1) is 0 Å². The predicted octanol–water partition coefficient (Wildman–Crippen LogP) is 5.31. The highest BCUT2D eigenvalue weighted by Crippen LogP contribution is 2.24. The van der Waals surface area contributed by atoms with Crippen LogP contribution in [0.15, 0.2) is 78.9 Å². The van der Waals surface area contributed by atoms with Crippen molar-refractivity contribution in [2.75, 3.05) is 17.4 Å². The van der Waals surface area contributed by atoms with Gasteiger partial charge in [-0.25, -0.2) is 5.43 Å². The van der Waals surface area contributed by atoms with Crippen molar-refractivity contribution in [1.82, 2.24) is 5.43 Å². The predicted molar refractivity (Wildman–Crippen MR) is 112 cm³/mol. The second-order valence-electron chi connectivity index (χ2n) is 6.01. The van der Waals surface area contributed by atoms with E-state index in [0.717, 1.165) is 11.3 Å². The molecular weight excluding hydrogens is 381 g/mol. The molecule has 6 heteroatoms. The molecule has 0 saturated heterocycles. The highest BCUT2D eigenvalue weighted by molar-refractivity contribution is 6.35. The summed E-state index contributed by atoms with van der Waals surface area (Å²) in [5.41, 5.74) is 5.58. The van der Waals surface area contributed by atoms with E-state index in [1.807, 2.05) is 72.7 Å². The maximum absolute atomic E-state index is 13.0. The number of anilines is 2. The van der Waals surface area contributed by atoms with Crippen molar-refractivity contribution in [3.8, 4) is 0 Å². The average Bonchev–Trinajstić information content (AvgIpc) is 2.66. The van der Waals surface area contributed by atoms with Gasteiger partial charge in [0.05, 0.1) is 5.69 Å². The van der Waals surface area contributed by atoms with E-state index in [9.17, 15) is 4.79 Å². The van der Waals surface area contributed by atoms with E-state index >= 15 is 0 Å². The molecule has 0 spiro atoms. The number of rotatable bonds is 6. The van der Waals surface area contributed by atoms with E-state index in [0.29, 0.717) is 15.7 Å². The molecule has 0 saturated carbocycles. The van der Waals surface area contributed by atoms with Gasteiger partial charge in [-0.1, -0.05) is 71.7 Å². The van der Waals surface area contributed by atoms with Crippen LogP contribution in [-0.2, 0) is 4.79 Å². The number of halogens is 2. The second kappa shape index (κ2) is 8.91. The van der Waals surface area contributed by atoms with Crippen LogP contribution in [0.3, 0.4) is 0 Å². The van der Waals surface area contributed by atoms with Crippen LogP contribution in [0.2, 0.25) is 10.0 Å². The van der Waals surface area contributed by atoms with E-state index in [4.69, 9.17) is 23.2 Å². The van der Waals surface area contributed by atoms with Gasteiger partial charge in [-0.15, -0.1) is 0 Å². The fraction of sp³-hybridized carbons (Fsp3) is 0.0952. The lowest BCUT2D eigenvalue weighted by Crippen LogP contribution is -2.43. The Morgan fingerprint density at radius 3 is 2.04 bits per heavy atom. The Morgan fingerprint density at radius 1 is 0.889 bits per heavy atom. The Hall–Kier alpha value is -2.53. The summed E-state index contributed by atoms with van der Waals surface area (Å²) in [6.07, 6.45) is 0. The molecule has 1 atom stereocenters. The first-order valence-electron chi connectivity index (χ1n) is 8.40. The zero-order chi connectivity index (χ0) is 19.2. The van der Waals surface area contributed by atoms with Gasteiger partial charge in [-0.2, -0.15) is 0 Å². The third-order valence-corrected chi connectivity index (χ3v) is 4.43. The molecule has 0 fully saturated rings. The van der Waals surface area contributed by atoms with Crippen molar-refractivity contribution in [3.05, 3.63) is 94.5 Å². The molecule has 3 aromatic carbocycles. The van der Waals surface area contributed by atoms with Gasteiger partial charge in [0, 0.05) is 22.8 Å². The number of nitrogens with zero attached hydrogens (tertiary/aromatic N) is 1. The van der Waals surface area contributed by atoms with Gasteiger partial charge >= 0.3 is 0 Å². The summed E-state index contributed by atoms with van der Waals surface area (Å²) in [6, 6.07) is 23.6. The van der Waals surface area contributed by atoms with Crippen molar-refractivity contribution in [2.24, 2.45) is 0 Å². The van der Waals surface area contributed by atoms with Gasteiger partial charge in [0.15, 0.2) is 0 Å². The molecule has 138 valence electrons. The number of hydrazine groups is 1. The number of benzene rings is 3. The first-order valence-corrected chi connectivity index (χ1v) is 9.15. The summed E-state index contributed by atoms with van der Waals surface area (Å²) in [4.78, 5) is 13.0. The fourth-order valence-corrected chi connectivity index (χ4v) is 3.22. The maximum atomic E-state index is 13.0. The molecule has 27 heavy (non-hydrogen) atoms. The summed E-state index contributed by atoms with van der Waals surface area (Å²) in [6.45, 7) is 0. The number of hydrogen-bond donors (Lipinski definition) is 2. The van der Waals surface area contributed by atoms with Crippen LogP contribution < -0.4 is 15.8 Å². The molecule has 0 aromatic heterocycles. The Labute approximate surface area is 168 Å². The van der Waals surface area contributed by atoms with Crippen LogP contribution in [0.25, 0.3) is 0 Å². The molecule has 0 radical (unpaired) electrons. The maximum Gasteiger partial charge on any atom is 0.247 e. The minimum absolute atomic E-state index is 0.220. The van der Waals surface area contributed by atoms with Crippen molar-refractivity contribution in [2.45, 2.75) is 6.04 Å². The molecule has 3 aromatic rings. The number of hydrogen-bond acceptors (Lipinski definition) is 3. The minimum Gasteiger partial charge on any atom is -0.324 e. The lowest BCUT2D eigenvalue weighted by atomic mass is 10.1. The summed E-state index contributed by atoms with van der Waals surface area (Å²) < 4.78 is 0. The number of nitrogens with one attached hydrogen (secondary N) is 2. The quantitative estimate of drug-likeness (QED) is 0.551. The van der Waals surface area contributed by atoms with Crippen LogP contribution in [0.4, 0.5) is 11.4 Å². The number of carbonyl (C=O) groups is 1. The first-order chi connectivity index (χ1) is 13.0. The largest absolute Gasteiger partial charge is 0.324 e. The van der Waals surface area contributed by atoms with E-state index in [-0.39, 0.29) is 5.91 Å². The van der Waals surface area contributed by atoms with E-state index in [1.165, 1.54) is 0 Å². The number of amides is 1. The Bertz CT molecular complexity index is 884. The summed E-state index contributed by atoms with van der Waals surface area (Å²) in [7, 11) is 1.87. The smallest absolute Gasteiger partial charge is 0.247 e. The topological polar surface area (TPSA) is 44.4 Å². The molecule has 0 aliphatic carbocycles. The van der Waals surface area contributed by atoms with Gasteiger partial charge in [0.2, 0.25) is 5.91 Å². The van der Waals surface area contributed by atoms with Gasteiger partial charge in [-0.05, 0) is 35.9 Å². The minimum atomic E-state index is -0.603. The third kappa shape index (κ3) is 5.23. The first kappa shape index (κ1) is 19.2. The standard InChI is InChI=1S/C21H19Cl2N3O/c1-26(19-10-6-3-7-11-19)25-20(15-8-4-2-5-9-15)21(27)24-18-13-16(22)12-17(23)14-18/h2-14,20,25H,1H3,(H,24,27)/t20-/m1/s1. The number of para-hydroxylation sites is 1. The molecule has 0 aliphatic heterocycles. The zero-order valence-electron chi connectivity index (χ0n) is 14.7. The Morgan fingerprint density at radius 2 is 1.44 bits per heavy atom. The Kier molecular flexibility index (Phi) is 6.35. The molecule has 4 nitrogen and oxygen atoms in total. The SMILES string of the molecule is CN(N[C@@H](C(=O)Nc1cc(Cl)cc(Cl)c1)c1ccccc1)c1ccccc1. The molecule has 0 bridgehead atoms. The van der Waals surface area contributed by atoms with Crippen molar-refractivity contribution in [1.29, 1.82) is 0 Å². The average molecular weight is 400 g/mol. The van der Waals surface area contributed by atoms with Gasteiger partial charge in [0.25, 0.3) is 0 Å². The lowest BCUT2D eigenvalue weighted by Gasteiger charge is -2.27. The van der Waals surface area contributed by atoms with Gasteiger partial charge in [0.1, 0.15) is 6.04 Å². The van der Waals surface area contributed by atoms with Gasteiger partial charge in [-0.3, -0.25) is 4.79 Å².